The van der Waals surface area contributed by atoms with E-state index in [9.17, 15) is 0 Å². The molecule has 0 aliphatic carbocycles. The van der Waals surface area contributed by atoms with Gasteiger partial charge < -0.3 is 4.90 Å². The Bertz CT molecular complexity index is 196. The van der Waals surface area contributed by atoms with Crippen molar-refractivity contribution in [3.63, 3.8) is 0 Å². The molecule has 3 nitrogen and oxygen atoms in total. The van der Waals surface area contributed by atoms with Gasteiger partial charge in [0.25, 0.3) is 0 Å². The molecule has 88 valence electrons. The predicted octanol–water partition coefficient (Wildman–Crippen LogP) is 2.00. The van der Waals surface area contributed by atoms with Crippen molar-refractivity contribution in [1.29, 1.82) is 5.26 Å². The van der Waals surface area contributed by atoms with Gasteiger partial charge in [-0.05, 0) is 27.4 Å². The van der Waals surface area contributed by atoms with Crippen LogP contribution in [0.1, 0.15) is 39.5 Å². The van der Waals surface area contributed by atoms with Crippen molar-refractivity contribution >= 4 is 0 Å². The molecule has 0 saturated carbocycles. The molecule has 15 heavy (non-hydrogen) atoms. The summed E-state index contributed by atoms with van der Waals surface area (Å²) in [5.41, 5.74) is -0.342. The van der Waals surface area contributed by atoms with E-state index in [-0.39, 0.29) is 5.54 Å². The molecule has 0 rings (SSSR count). The number of nitrogens with one attached hydrogen (secondary N) is 1. The van der Waals surface area contributed by atoms with Gasteiger partial charge in [-0.3, -0.25) is 5.32 Å². The lowest BCUT2D eigenvalue weighted by Gasteiger charge is -2.24. The first-order valence-corrected chi connectivity index (χ1v) is 5.85. The molecule has 1 unspecified atom stereocenters. The molecule has 0 spiro atoms. The van der Waals surface area contributed by atoms with Crippen molar-refractivity contribution in [1.82, 2.24) is 10.2 Å². The maximum Gasteiger partial charge on any atom is 0.103 e. The number of nitrogens with zero attached hydrogens (tertiary/aromatic N) is 2. The highest BCUT2D eigenvalue weighted by atomic mass is 15.1. The van der Waals surface area contributed by atoms with E-state index in [1.165, 1.54) is 12.8 Å². The minimum Gasteiger partial charge on any atom is -0.308 e. The Labute approximate surface area is 94.5 Å². The summed E-state index contributed by atoms with van der Waals surface area (Å²) in [6.07, 6.45) is 4.51. The number of hydrogen-bond acceptors (Lipinski definition) is 3. The van der Waals surface area contributed by atoms with Gasteiger partial charge in [0, 0.05) is 13.1 Å². The number of unbranched alkanes of at least 4 members (excludes halogenated alkanes) is 2. The summed E-state index contributed by atoms with van der Waals surface area (Å²) < 4.78 is 0. The van der Waals surface area contributed by atoms with E-state index in [1.807, 2.05) is 21.0 Å². The topological polar surface area (TPSA) is 39.1 Å². The number of likely N-dealkylation sites (N-methyl/N-ethyl adjacent to an activating group) is 1. The first-order chi connectivity index (χ1) is 7.04. The predicted molar refractivity (Wildman–Crippen MR) is 64.7 cm³/mol. The van der Waals surface area contributed by atoms with E-state index in [4.69, 9.17) is 5.26 Å². The van der Waals surface area contributed by atoms with Gasteiger partial charge in [-0.25, -0.2) is 0 Å². The van der Waals surface area contributed by atoms with Crippen LogP contribution in [-0.4, -0.2) is 37.6 Å². The van der Waals surface area contributed by atoms with Crippen LogP contribution in [0.25, 0.3) is 0 Å². The van der Waals surface area contributed by atoms with Crippen molar-refractivity contribution in [2.45, 2.75) is 45.1 Å². The quantitative estimate of drug-likeness (QED) is 0.624. The second-order valence-electron chi connectivity index (χ2n) is 4.63. The Morgan fingerprint density at radius 2 is 2.00 bits per heavy atom. The molecule has 0 bridgehead atoms. The largest absolute Gasteiger partial charge is 0.308 e. The third-order valence-corrected chi connectivity index (χ3v) is 2.60. The highest BCUT2D eigenvalue weighted by Gasteiger charge is 2.21. The molecule has 1 atom stereocenters. The molecular formula is C12H25N3. The minimum atomic E-state index is -0.342. The molecular weight excluding hydrogens is 186 g/mol. The SMILES string of the molecule is CCCCCC(C)(C#N)NCCN(C)C. The van der Waals surface area contributed by atoms with Gasteiger partial charge in [-0.15, -0.1) is 0 Å². The number of nitriles is 1. The standard InChI is InChI=1S/C12H25N3/c1-5-6-7-8-12(2,11-13)14-9-10-15(3)4/h14H,5-10H2,1-4H3. The summed E-state index contributed by atoms with van der Waals surface area (Å²) in [5.74, 6) is 0. The van der Waals surface area contributed by atoms with Crippen LogP contribution in [-0.2, 0) is 0 Å². The lowest BCUT2D eigenvalue weighted by atomic mass is 9.96. The lowest BCUT2D eigenvalue weighted by molar-refractivity contribution is 0.347. The molecule has 0 aliphatic heterocycles. The van der Waals surface area contributed by atoms with E-state index >= 15 is 0 Å². The summed E-state index contributed by atoms with van der Waals surface area (Å²) in [6.45, 7) is 6.04. The number of hydrogen-bond donors (Lipinski definition) is 1. The Hall–Kier alpha value is -0.590. The van der Waals surface area contributed by atoms with E-state index in [1.54, 1.807) is 0 Å². The summed E-state index contributed by atoms with van der Waals surface area (Å²) in [5, 5.41) is 12.5. The second kappa shape index (κ2) is 7.67. The van der Waals surface area contributed by atoms with Crippen LogP contribution in [0.4, 0.5) is 0 Å². The highest BCUT2D eigenvalue weighted by molar-refractivity contribution is 5.03. The third kappa shape index (κ3) is 7.35. The van der Waals surface area contributed by atoms with Gasteiger partial charge in [0.05, 0.1) is 6.07 Å². The zero-order valence-corrected chi connectivity index (χ0v) is 10.6. The smallest absolute Gasteiger partial charge is 0.103 e. The van der Waals surface area contributed by atoms with Gasteiger partial charge in [-0.1, -0.05) is 26.2 Å². The van der Waals surface area contributed by atoms with Crippen LogP contribution in [0.5, 0.6) is 0 Å². The molecule has 0 aromatic heterocycles. The fraction of sp³-hybridized carbons (Fsp3) is 0.917. The van der Waals surface area contributed by atoms with E-state index in [0.717, 1.165) is 25.9 Å². The lowest BCUT2D eigenvalue weighted by Crippen LogP contribution is -2.43. The average molecular weight is 211 g/mol. The van der Waals surface area contributed by atoms with Crippen molar-refractivity contribution in [2.75, 3.05) is 27.2 Å². The fourth-order valence-electron chi connectivity index (χ4n) is 1.47. The summed E-state index contributed by atoms with van der Waals surface area (Å²) in [4.78, 5) is 2.12. The zero-order chi connectivity index (χ0) is 11.7. The second-order valence-corrected chi connectivity index (χ2v) is 4.63. The van der Waals surface area contributed by atoms with Crippen LogP contribution in [0.3, 0.4) is 0 Å². The molecule has 0 aromatic rings. The minimum absolute atomic E-state index is 0.342. The van der Waals surface area contributed by atoms with Crippen LogP contribution >= 0.6 is 0 Å². The zero-order valence-electron chi connectivity index (χ0n) is 10.6. The molecule has 0 aromatic carbocycles. The van der Waals surface area contributed by atoms with Crippen molar-refractivity contribution in [3.05, 3.63) is 0 Å². The molecule has 0 aliphatic rings. The fourth-order valence-corrected chi connectivity index (χ4v) is 1.47. The summed E-state index contributed by atoms with van der Waals surface area (Å²) >= 11 is 0. The number of rotatable bonds is 8. The van der Waals surface area contributed by atoms with Crippen LogP contribution in [0.2, 0.25) is 0 Å². The molecule has 0 amide bonds. The van der Waals surface area contributed by atoms with Gasteiger partial charge in [0.2, 0.25) is 0 Å². The Kier molecular flexibility index (Phi) is 7.37. The average Bonchev–Trinajstić information content (AvgIpc) is 2.18. The molecule has 0 fully saturated rings. The Balaban J connectivity index is 3.81. The summed E-state index contributed by atoms with van der Waals surface area (Å²) in [7, 11) is 4.09. The first-order valence-electron chi connectivity index (χ1n) is 5.85. The molecule has 0 saturated heterocycles. The first kappa shape index (κ1) is 14.4. The van der Waals surface area contributed by atoms with Crippen molar-refractivity contribution in [3.8, 4) is 6.07 Å². The maximum absolute atomic E-state index is 9.12. The molecule has 3 heteroatoms. The van der Waals surface area contributed by atoms with Crippen molar-refractivity contribution < 1.29 is 0 Å². The normalized spacial score (nSPS) is 14.9. The Morgan fingerprint density at radius 3 is 2.47 bits per heavy atom. The van der Waals surface area contributed by atoms with Crippen LogP contribution in [0, 0.1) is 11.3 Å². The molecule has 0 heterocycles. The monoisotopic (exact) mass is 211 g/mol. The summed E-state index contributed by atoms with van der Waals surface area (Å²) in [6, 6.07) is 2.38. The van der Waals surface area contributed by atoms with E-state index in [0.29, 0.717) is 0 Å². The van der Waals surface area contributed by atoms with Gasteiger partial charge in [0.15, 0.2) is 0 Å². The maximum atomic E-state index is 9.12. The van der Waals surface area contributed by atoms with Crippen molar-refractivity contribution in [2.24, 2.45) is 0 Å². The van der Waals surface area contributed by atoms with Gasteiger partial charge in [0.1, 0.15) is 5.54 Å². The van der Waals surface area contributed by atoms with Gasteiger partial charge >= 0.3 is 0 Å². The van der Waals surface area contributed by atoms with Gasteiger partial charge in [-0.2, -0.15) is 5.26 Å². The molecule has 1 N–H and O–H groups in total. The van der Waals surface area contributed by atoms with Crippen LogP contribution < -0.4 is 5.32 Å². The van der Waals surface area contributed by atoms with Crippen LogP contribution in [0.15, 0.2) is 0 Å². The van der Waals surface area contributed by atoms with E-state index < -0.39 is 0 Å². The highest BCUT2D eigenvalue weighted by Crippen LogP contribution is 2.13. The third-order valence-electron chi connectivity index (χ3n) is 2.60. The molecule has 0 radical (unpaired) electrons. The van der Waals surface area contributed by atoms with E-state index in [2.05, 4.69) is 23.2 Å². The Morgan fingerprint density at radius 1 is 1.33 bits per heavy atom.